The minimum Gasteiger partial charge on any atom is -0.271 e. The van der Waals surface area contributed by atoms with Crippen molar-refractivity contribution in [2.75, 3.05) is 7.05 Å². The first-order valence-electron chi connectivity index (χ1n) is 5.13. The van der Waals surface area contributed by atoms with Crippen molar-refractivity contribution in [3.63, 3.8) is 0 Å². The third-order valence-electron chi connectivity index (χ3n) is 2.53. The largest absolute Gasteiger partial charge is 0.607 e. The highest BCUT2D eigenvalue weighted by Crippen LogP contribution is 2.40. The van der Waals surface area contributed by atoms with Gasteiger partial charge >= 0.3 is 15.6 Å². The average molecular weight is 298 g/mol. The molecule has 1 rings (SSSR count). The van der Waals surface area contributed by atoms with Crippen LogP contribution in [0.3, 0.4) is 0 Å². The molecule has 0 aliphatic rings. The number of aryl methyl sites for hydroxylation is 1. The molecule has 3 nitrogen and oxygen atoms in total. The number of hydrogen-bond acceptors (Lipinski definition) is 2. The molecule has 1 aromatic rings. The molecule has 0 saturated carbocycles. The summed E-state index contributed by atoms with van der Waals surface area (Å²) in [5, 5.41) is 0. The van der Waals surface area contributed by atoms with Crippen LogP contribution in [-0.2, 0) is 19.1 Å². The van der Waals surface area contributed by atoms with Gasteiger partial charge in [0.1, 0.15) is 0 Å². The van der Waals surface area contributed by atoms with Gasteiger partial charge in [0.2, 0.25) is 4.90 Å². The van der Waals surface area contributed by atoms with Crippen LogP contribution in [0.1, 0.15) is 12.5 Å². The van der Waals surface area contributed by atoms with Crippen molar-refractivity contribution in [2.24, 2.45) is 0 Å². The summed E-state index contributed by atoms with van der Waals surface area (Å²) in [6.45, 7) is 2.31. The van der Waals surface area contributed by atoms with Gasteiger partial charge in [0.05, 0.1) is 7.05 Å². The number of benzene rings is 1. The van der Waals surface area contributed by atoms with E-state index in [0.29, 0.717) is 5.56 Å². The van der Waals surface area contributed by atoms with Crippen molar-refractivity contribution in [1.82, 2.24) is 4.31 Å². The van der Waals surface area contributed by atoms with E-state index in [4.69, 9.17) is 0 Å². The summed E-state index contributed by atoms with van der Waals surface area (Å²) in [4.78, 5) is 10.1. The van der Waals surface area contributed by atoms with Crippen LogP contribution in [0.15, 0.2) is 23.1 Å². The lowest BCUT2D eigenvalue weighted by Gasteiger charge is -2.21. The van der Waals surface area contributed by atoms with Crippen LogP contribution in [0.5, 0.6) is 0 Å². The molecule has 0 aliphatic heterocycles. The summed E-state index contributed by atoms with van der Waals surface area (Å²) in [6.07, 6.45) is 0. The number of halogens is 4. The monoisotopic (exact) mass is 298 g/mol. The summed E-state index contributed by atoms with van der Waals surface area (Å²) in [5.41, 5.74) is -4.88. The zero-order valence-electron chi connectivity index (χ0n) is 10.4. The molecular weight excluding hydrogens is 286 g/mol. The Kier molecular flexibility index (Phi) is 4.04. The van der Waals surface area contributed by atoms with Crippen LogP contribution in [0.2, 0.25) is 0 Å². The Morgan fingerprint density at radius 3 is 2.21 bits per heavy atom. The first-order chi connectivity index (χ1) is 8.51. The molecule has 0 aromatic heterocycles. The van der Waals surface area contributed by atoms with E-state index in [0.717, 1.165) is 26.1 Å². The van der Waals surface area contributed by atoms with Crippen LogP contribution in [-0.4, -0.2) is 22.8 Å². The smallest absolute Gasteiger partial charge is 0.271 e. The Balaban J connectivity index is 3.59. The van der Waals surface area contributed by atoms with Crippen LogP contribution in [0.4, 0.5) is 17.6 Å². The van der Waals surface area contributed by atoms with Crippen LogP contribution in [0, 0.1) is 12.7 Å². The summed E-state index contributed by atoms with van der Waals surface area (Å²) < 4.78 is 65.1. The molecule has 0 saturated heterocycles. The molecule has 106 valence electrons. The second-order valence-electron chi connectivity index (χ2n) is 3.92. The van der Waals surface area contributed by atoms with Gasteiger partial charge in [-0.15, -0.1) is 17.5 Å². The van der Waals surface area contributed by atoms with E-state index in [2.05, 4.69) is 0 Å². The predicted octanol–water partition coefficient (Wildman–Crippen LogP) is 2.91. The summed E-state index contributed by atoms with van der Waals surface area (Å²) in [7, 11) is -4.27. The molecule has 19 heavy (non-hydrogen) atoms. The van der Waals surface area contributed by atoms with Crippen molar-refractivity contribution in [3.05, 3.63) is 29.6 Å². The number of hydrogen-bond donors (Lipinski definition) is 0. The maximum absolute atomic E-state index is 13.7. The van der Waals surface area contributed by atoms with Crippen molar-refractivity contribution in [2.45, 2.75) is 24.3 Å². The molecular formula is C11H12F4NO2S+. The highest BCUT2D eigenvalue weighted by Gasteiger charge is 2.66. The Labute approximate surface area is 108 Å². The first kappa shape index (κ1) is 15.6. The van der Waals surface area contributed by atoms with Crippen LogP contribution >= 0.6 is 0 Å². The molecule has 0 spiro atoms. The van der Waals surface area contributed by atoms with Crippen molar-refractivity contribution < 1.29 is 26.6 Å². The molecule has 1 amide bonds. The van der Waals surface area contributed by atoms with Gasteiger partial charge in [-0.05, 0) is 24.6 Å². The normalized spacial score (nSPS) is 14.9. The van der Waals surface area contributed by atoms with Gasteiger partial charge in [0, 0.05) is 6.92 Å². The number of alkyl halides is 3. The van der Waals surface area contributed by atoms with E-state index in [1.807, 2.05) is 0 Å². The van der Waals surface area contributed by atoms with Gasteiger partial charge < -0.3 is 0 Å². The molecule has 1 atom stereocenters. The standard InChI is InChI=1S/C11H12F4NO2S/c1-7-4-5-10(9(12)6-7)19(18,11(13,14)15)16(3)8(2)17/h4-6H,1-3H3/q+1. The number of carbonyl (C=O) groups excluding carboxylic acids is 1. The van der Waals surface area contributed by atoms with E-state index in [-0.39, 0.29) is 4.31 Å². The fraction of sp³-hybridized carbons (Fsp3) is 0.364. The van der Waals surface area contributed by atoms with E-state index >= 15 is 0 Å². The second kappa shape index (κ2) is 4.92. The molecule has 0 heterocycles. The summed E-state index contributed by atoms with van der Waals surface area (Å²) in [5.74, 6) is -2.32. The zero-order valence-corrected chi connectivity index (χ0v) is 11.2. The fourth-order valence-corrected chi connectivity index (χ4v) is 3.23. The third kappa shape index (κ3) is 2.63. The first-order valence-corrected chi connectivity index (χ1v) is 6.64. The lowest BCUT2D eigenvalue weighted by atomic mass is 10.2. The van der Waals surface area contributed by atoms with Gasteiger partial charge in [-0.3, -0.25) is 4.79 Å². The lowest BCUT2D eigenvalue weighted by molar-refractivity contribution is -0.124. The fourth-order valence-electron chi connectivity index (χ4n) is 1.44. The Bertz CT molecular complexity index is 556. The van der Waals surface area contributed by atoms with Gasteiger partial charge in [0.25, 0.3) is 5.91 Å². The molecule has 1 unspecified atom stereocenters. The van der Waals surface area contributed by atoms with E-state index in [9.17, 15) is 26.6 Å². The van der Waals surface area contributed by atoms with Crippen LogP contribution < -0.4 is 0 Å². The molecule has 0 fully saturated rings. The van der Waals surface area contributed by atoms with Gasteiger partial charge in [-0.25, -0.2) is 4.39 Å². The maximum Gasteiger partial charge on any atom is 0.607 e. The Morgan fingerprint density at radius 1 is 1.32 bits per heavy atom. The second-order valence-corrected chi connectivity index (χ2v) is 6.42. The number of rotatable bonds is 2. The maximum atomic E-state index is 13.7. The minimum atomic E-state index is -5.26. The Morgan fingerprint density at radius 2 is 1.84 bits per heavy atom. The summed E-state index contributed by atoms with van der Waals surface area (Å²) >= 11 is 0. The quantitative estimate of drug-likeness (QED) is 0.622. The molecule has 0 aliphatic carbocycles. The molecule has 0 bridgehead atoms. The molecule has 1 aromatic carbocycles. The predicted molar refractivity (Wildman–Crippen MR) is 62.0 cm³/mol. The van der Waals surface area contributed by atoms with Gasteiger partial charge in [0.15, 0.2) is 5.82 Å². The summed E-state index contributed by atoms with van der Waals surface area (Å²) in [6, 6.07) is 2.84. The van der Waals surface area contributed by atoms with Gasteiger partial charge in [-0.2, -0.15) is 0 Å². The van der Waals surface area contributed by atoms with E-state index in [1.165, 1.54) is 13.0 Å². The molecule has 0 N–H and O–H groups in total. The SMILES string of the molecule is CC(=O)N(C)[S+](=O)(c1ccc(C)cc1F)C(F)(F)F. The lowest BCUT2D eigenvalue weighted by Crippen LogP contribution is -2.46. The van der Waals surface area contributed by atoms with Gasteiger partial charge in [-0.1, -0.05) is 10.3 Å². The van der Waals surface area contributed by atoms with Crippen molar-refractivity contribution in [3.8, 4) is 0 Å². The average Bonchev–Trinajstić information content (AvgIpc) is 2.25. The van der Waals surface area contributed by atoms with Crippen molar-refractivity contribution in [1.29, 1.82) is 0 Å². The van der Waals surface area contributed by atoms with E-state index < -0.39 is 32.2 Å². The minimum absolute atomic E-state index is 0.0285. The van der Waals surface area contributed by atoms with E-state index in [1.54, 1.807) is 0 Å². The highest BCUT2D eigenvalue weighted by atomic mass is 32.3. The number of amides is 1. The number of nitrogens with zero attached hydrogens (tertiary/aromatic N) is 1. The van der Waals surface area contributed by atoms with Crippen LogP contribution in [0.25, 0.3) is 0 Å². The number of carbonyl (C=O) groups is 1. The topological polar surface area (TPSA) is 37.4 Å². The van der Waals surface area contributed by atoms with Crippen molar-refractivity contribution >= 4 is 16.0 Å². The molecule has 8 heteroatoms. The molecule has 0 radical (unpaired) electrons. The Hall–Kier alpha value is -1.44. The third-order valence-corrected chi connectivity index (χ3v) is 5.11. The zero-order chi connectivity index (χ0) is 15.0. The highest BCUT2D eigenvalue weighted by molar-refractivity contribution is 8.02.